The van der Waals surface area contributed by atoms with Gasteiger partial charge in [-0.2, -0.15) is 0 Å². The van der Waals surface area contributed by atoms with E-state index in [0.717, 1.165) is 12.1 Å². The Balaban J connectivity index is 2.62. The minimum absolute atomic E-state index is 0.271. The zero-order valence-corrected chi connectivity index (χ0v) is 8.18. The molecule has 0 fully saturated rings. The number of aromatic nitrogens is 1. The van der Waals surface area contributed by atoms with Crippen LogP contribution in [0, 0.1) is 0 Å². The summed E-state index contributed by atoms with van der Waals surface area (Å²) in [6.45, 7) is -4.96. The second kappa shape index (κ2) is 3.41. The molecule has 0 aliphatic carbocycles. The molecule has 0 aliphatic rings. The van der Waals surface area contributed by atoms with Gasteiger partial charge in [-0.05, 0) is 23.6 Å². The molecule has 0 aliphatic heterocycles. The molecule has 1 heterocycles. The molecule has 1 aromatic heterocycles. The Morgan fingerprint density at radius 1 is 1.07 bits per heavy atom. The lowest BCUT2D eigenvalue weighted by Crippen LogP contribution is -2.33. The van der Waals surface area contributed by atoms with Crippen molar-refractivity contribution in [3.8, 4) is 0 Å². The molecule has 0 saturated carbocycles. The first-order valence-electron chi connectivity index (χ1n) is 4.23. The molecule has 0 radical (unpaired) electrons. The van der Waals surface area contributed by atoms with E-state index in [4.69, 9.17) is 11.6 Å². The topological polar surface area (TPSA) is 12.9 Å². The van der Waals surface area contributed by atoms with Crippen LogP contribution in [0.5, 0.6) is 0 Å². The molecule has 0 amide bonds. The smallest absolute Gasteiger partial charge is 0.445 e. The molecule has 2 rings (SSSR count). The van der Waals surface area contributed by atoms with Gasteiger partial charge in [0.1, 0.15) is 5.15 Å². The van der Waals surface area contributed by atoms with Gasteiger partial charge in [-0.15, -0.1) is 5.46 Å². The normalized spacial score (nSPS) is 12.0. The SMILES string of the molecule is F[B-](F)(F)c1ccc2nc(Cl)ccc2c1. The summed E-state index contributed by atoms with van der Waals surface area (Å²) >= 11 is 5.62. The van der Waals surface area contributed by atoms with E-state index in [2.05, 4.69) is 4.98 Å². The Morgan fingerprint density at radius 3 is 2.47 bits per heavy atom. The first-order valence-corrected chi connectivity index (χ1v) is 4.61. The van der Waals surface area contributed by atoms with Gasteiger partial charge in [-0.3, -0.25) is 0 Å². The fraction of sp³-hybridized carbons (Fsp3) is 0. The molecule has 6 heteroatoms. The number of halogens is 4. The number of fused-ring (bicyclic) bond motifs is 1. The van der Waals surface area contributed by atoms with Crippen molar-refractivity contribution in [2.75, 3.05) is 0 Å². The van der Waals surface area contributed by atoms with E-state index >= 15 is 0 Å². The minimum Gasteiger partial charge on any atom is -0.445 e. The highest BCUT2D eigenvalue weighted by Gasteiger charge is 2.25. The van der Waals surface area contributed by atoms with Crippen molar-refractivity contribution in [3.05, 3.63) is 35.5 Å². The molecule has 0 N–H and O–H groups in total. The van der Waals surface area contributed by atoms with Gasteiger partial charge in [0, 0.05) is 0 Å². The molecular formula is C9H5BClF3N-. The predicted molar refractivity (Wildman–Crippen MR) is 55.5 cm³/mol. The number of pyridine rings is 1. The maximum atomic E-state index is 12.4. The number of hydrogen-bond donors (Lipinski definition) is 0. The van der Waals surface area contributed by atoms with Crippen LogP contribution in [0.2, 0.25) is 5.15 Å². The molecular weight excluding hydrogens is 225 g/mol. The van der Waals surface area contributed by atoms with E-state index in [0.29, 0.717) is 10.9 Å². The number of hydrogen-bond acceptors (Lipinski definition) is 1. The van der Waals surface area contributed by atoms with Crippen molar-refractivity contribution in [2.45, 2.75) is 0 Å². The van der Waals surface area contributed by atoms with E-state index in [9.17, 15) is 12.9 Å². The molecule has 78 valence electrons. The van der Waals surface area contributed by atoms with E-state index < -0.39 is 12.4 Å². The quantitative estimate of drug-likeness (QED) is 0.542. The average molecular weight is 230 g/mol. The van der Waals surface area contributed by atoms with Crippen molar-refractivity contribution >= 4 is 34.9 Å². The van der Waals surface area contributed by atoms with Crippen LogP contribution < -0.4 is 5.46 Å². The third-order valence-electron chi connectivity index (χ3n) is 2.06. The van der Waals surface area contributed by atoms with Crippen LogP contribution in [-0.4, -0.2) is 12.0 Å². The number of rotatable bonds is 1. The maximum Gasteiger partial charge on any atom is 0.509 e. The highest BCUT2D eigenvalue weighted by molar-refractivity contribution is 6.73. The van der Waals surface area contributed by atoms with Crippen LogP contribution in [0.4, 0.5) is 12.9 Å². The summed E-state index contributed by atoms with van der Waals surface area (Å²) in [5.74, 6) is 0. The Labute approximate surface area is 88.9 Å². The van der Waals surface area contributed by atoms with Crippen molar-refractivity contribution in [3.63, 3.8) is 0 Å². The van der Waals surface area contributed by atoms with E-state index in [1.807, 2.05) is 0 Å². The van der Waals surface area contributed by atoms with Crippen molar-refractivity contribution in [1.29, 1.82) is 0 Å². The molecule has 1 nitrogen and oxygen atoms in total. The largest absolute Gasteiger partial charge is 0.509 e. The maximum absolute atomic E-state index is 12.4. The lowest BCUT2D eigenvalue weighted by molar-refractivity contribution is 0.501. The van der Waals surface area contributed by atoms with Gasteiger partial charge in [-0.1, -0.05) is 23.7 Å². The van der Waals surface area contributed by atoms with Gasteiger partial charge in [0.25, 0.3) is 0 Å². The van der Waals surface area contributed by atoms with Crippen molar-refractivity contribution < 1.29 is 12.9 Å². The van der Waals surface area contributed by atoms with Crippen LogP contribution in [0.15, 0.2) is 30.3 Å². The van der Waals surface area contributed by atoms with E-state index in [1.165, 1.54) is 18.2 Å². The van der Waals surface area contributed by atoms with Crippen LogP contribution in [0.25, 0.3) is 10.9 Å². The van der Waals surface area contributed by atoms with Crippen molar-refractivity contribution in [1.82, 2.24) is 4.98 Å². The number of nitrogens with zero attached hydrogens (tertiary/aromatic N) is 1. The first-order chi connectivity index (χ1) is 6.97. The molecule has 0 unspecified atom stereocenters. The highest BCUT2D eigenvalue weighted by atomic mass is 35.5. The van der Waals surface area contributed by atoms with Crippen LogP contribution in [-0.2, 0) is 0 Å². The average Bonchev–Trinajstić information content (AvgIpc) is 2.15. The van der Waals surface area contributed by atoms with Gasteiger partial charge < -0.3 is 12.9 Å². The summed E-state index contributed by atoms with van der Waals surface area (Å²) in [6, 6.07) is 6.42. The third-order valence-corrected chi connectivity index (χ3v) is 2.27. The van der Waals surface area contributed by atoms with Gasteiger partial charge in [0.05, 0.1) is 5.52 Å². The Bertz CT molecular complexity index is 512. The van der Waals surface area contributed by atoms with Crippen LogP contribution in [0.1, 0.15) is 0 Å². The Hall–Kier alpha value is -1.23. The summed E-state index contributed by atoms with van der Waals surface area (Å²) in [7, 11) is 0. The first kappa shape index (κ1) is 10.3. The standard InChI is InChI=1S/C9H5BClF3N/c11-9-4-1-6-5-7(10(12,13)14)2-3-8(6)15-9/h1-5H/q-1. The van der Waals surface area contributed by atoms with Crippen LogP contribution in [0.3, 0.4) is 0 Å². The summed E-state index contributed by atoms with van der Waals surface area (Å²) < 4.78 is 37.2. The molecule has 0 saturated heterocycles. The summed E-state index contributed by atoms with van der Waals surface area (Å²) in [5, 5.41) is 0.712. The summed E-state index contributed by atoms with van der Waals surface area (Å²) in [5.41, 5.74) is -0.155. The number of benzene rings is 1. The minimum atomic E-state index is -4.96. The van der Waals surface area contributed by atoms with E-state index in [-0.39, 0.29) is 5.15 Å². The summed E-state index contributed by atoms with van der Waals surface area (Å²) in [6.07, 6.45) is 0. The van der Waals surface area contributed by atoms with Crippen LogP contribution >= 0.6 is 11.6 Å². The molecule has 0 bridgehead atoms. The van der Waals surface area contributed by atoms with E-state index in [1.54, 1.807) is 0 Å². The third kappa shape index (κ3) is 2.07. The van der Waals surface area contributed by atoms with Gasteiger partial charge in [0.15, 0.2) is 0 Å². The van der Waals surface area contributed by atoms with Gasteiger partial charge in [0.2, 0.25) is 0 Å². The highest BCUT2D eigenvalue weighted by Crippen LogP contribution is 2.17. The summed E-state index contributed by atoms with van der Waals surface area (Å²) in [4.78, 5) is 3.90. The molecule has 15 heavy (non-hydrogen) atoms. The lowest BCUT2D eigenvalue weighted by Gasteiger charge is -2.14. The zero-order valence-electron chi connectivity index (χ0n) is 7.42. The second-order valence-electron chi connectivity index (χ2n) is 3.16. The fourth-order valence-corrected chi connectivity index (χ4v) is 1.48. The lowest BCUT2D eigenvalue weighted by atomic mass is 9.79. The predicted octanol–water partition coefficient (Wildman–Crippen LogP) is 2.94. The molecule has 1 aromatic carbocycles. The Morgan fingerprint density at radius 2 is 1.80 bits per heavy atom. The zero-order chi connectivity index (χ0) is 11.1. The molecule has 2 aromatic rings. The van der Waals surface area contributed by atoms with Gasteiger partial charge in [-0.25, -0.2) is 4.98 Å². The van der Waals surface area contributed by atoms with Gasteiger partial charge >= 0.3 is 6.98 Å². The molecule has 0 spiro atoms. The van der Waals surface area contributed by atoms with Crippen molar-refractivity contribution in [2.24, 2.45) is 0 Å². The Kier molecular flexibility index (Phi) is 2.34. The second-order valence-corrected chi connectivity index (χ2v) is 3.55. The monoisotopic (exact) mass is 230 g/mol. The fourth-order valence-electron chi connectivity index (χ4n) is 1.32. The molecule has 0 atom stereocenters.